The van der Waals surface area contributed by atoms with Crippen LogP contribution in [0.2, 0.25) is 0 Å². The number of benzene rings is 1. The Morgan fingerprint density at radius 2 is 2.30 bits per heavy atom. The van der Waals surface area contributed by atoms with Crippen molar-refractivity contribution in [1.29, 1.82) is 0 Å². The van der Waals surface area contributed by atoms with Crippen LogP contribution in [0.15, 0.2) is 24.4 Å². The molecule has 1 aliphatic heterocycles. The van der Waals surface area contributed by atoms with E-state index in [1.54, 1.807) is 6.20 Å². The Morgan fingerprint density at radius 3 is 3.00 bits per heavy atom. The second-order valence-corrected chi connectivity index (χ2v) is 5.69. The van der Waals surface area contributed by atoms with E-state index in [1.807, 2.05) is 22.9 Å². The molecule has 1 saturated heterocycles. The number of aromatic nitrogens is 2. The second-order valence-electron chi connectivity index (χ2n) is 5.69. The van der Waals surface area contributed by atoms with Crippen molar-refractivity contribution in [2.24, 2.45) is 0 Å². The number of rotatable bonds is 4. The number of anilines is 1. The highest BCUT2D eigenvalue weighted by Gasteiger charge is 2.36. The molecular formula is C16H20N4O3. The zero-order valence-electron chi connectivity index (χ0n) is 13.4. The standard InChI is InChI=1S/C16H20N4O3/c1-4-10(2)20-13-6-5-12(7-11(13)8-18-20)19-9-14(15(21)17-3)23-16(19)22/h5-8,10,14H,4,9H2,1-3H3,(H,17,21)/t10?,14-/m1/s1. The first-order valence-electron chi connectivity index (χ1n) is 7.72. The van der Waals surface area contributed by atoms with Crippen LogP contribution in [-0.2, 0) is 9.53 Å². The molecule has 2 amide bonds. The minimum absolute atomic E-state index is 0.212. The zero-order chi connectivity index (χ0) is 16.6. The molecule has 1 fully saturated rings. The van der Waals surface area contributed by atoms with Crippen LogP contribution in [0.25, 0.3) is 10.9 Å². The summed E-state index contributed by atoms with van der Waals surface area (Å²) in [7, 11) is 1.52. The Morgan fingerprint density at radius 1 is 1.52 bits per heavy atom. The van der Waals surface area contributed by atoms with Gasteiger partial charge in [-0.1, -0.05) is 6.92 Å². The maximum absolute atomic E-state index is 12.0. The number of cyclic esters (lactones) is 1. The van der Waals surface area contributed by atoms with Gasteiger partial charge >= 0.3 is 6.09 Å². The fourth-order valence-corrected chi connectivity index (χ4v) is 2.70. The van der Waals surface area contributed by atoms with Crippen molar-refractivity contribution in [2.45, 2.75) is 32.4 Å². The number of hydrogen-bond acceptors (Lipinski definition) is 4. The Labute approximate surface area is 134 Å². The number of ether oxygens (including phenoxy) is 1. The quantitative estimate of drug-likeness (QED) is 0.937. The average Bonchev–Trinajstić information content (AvgIpc) is 3.16. The monoisotopic (exact) mass is 316 g/mol. The van der Waals surface area contributed by atoms with E-state index in [4.69, 9.17) is 4.74 Å². The molecule has 23 heavy (non-hydrogen) atoms. The van der Waals surface area contributed by atoms with E-state index < -0.39 is 12.2 Å². The topological polar surface area (TPSA) is 76.5 Å². The third-order valence-electron chi connectivity index (χ3n) is 4.25. The van der Waals surface area contributed by atoms with Crippen molar-refractivity contribution in [1.82, 2.24) is 15.1 Å². The van der Waals surface area contributed by atoms with Gasteiger partial charge in [0.15, 0.2) is 6.10 Å². The molecule has 3 rings (SSSR count). The number of nitrogens with zero attached hydrogens (tertiary/aromatic N) is 3. The van der Waals surface area contributed by atoms with Crippen molar-refractivity contribution in [3.05, 3.63) is 24.4 Å². The van der Waals surface area contributed by atoms with Gasteiger partial charge in [0.1, 0.15) is 0 Å². The number of hydrogen-bond donors (Lipinski definition) is 1. The molecule has 0 bridgehead atoms. The second kappa shape index (κ2) is 5.91. The van der Waals surface area contributed by atoms with Crippen LogP contribution >= 0.6 is 0 Å². The predicted octanol–water partition coefficient (Wildman–Crippen LogP) is 2.08. The van der Waals surface area contributed by atoms with Gasteiger partial charge in [-0.3, -0.25) is 14.4 Å². The van der Waals surface area contributed by atoms with Crippen molar-refractivity contribution in [3.8, 4) is 0 Å². The minimum Gasteiger partial charge on any atom is -0.434 e. The van der Waals surface area contributed by atoms with E-state index >= 15 is 0 Å². The molecule has 0 aliphatic carbocycles. The number of likely N-dealkylation sites (N-methyl/N-ethyl adjacent to an activating group) is 1. The molecule has 0 saturated carbocycles. The summed E-state index contributed by atoms with van der Waals surface area (Å²) in [5, 5.41) is 7.88. The first kappa shape index (κ1) is 15.3. The summed E-state index contributed by atoms with van der Waals surface area (Å²) >= 11 is 0. The maximum Gasteiger partial charge on any atom is 0.415 e. The van der Waals surface area contributed by atoms with Crippen molar-refractivity contribution >= 4 is 28.6 Å². The zero-order valence-corrected chi connectivity index (χ0v) is 13.4. The third-order valence-corrected chi connectivity index (χ3v) is 4.25. The van der Waals surface area contributed by atoms with Gasteiger partial charge in [0.05, 0.1) is 18.3 Å². The lowest BCUT2D eigenvalue weighted by molar-refractivity contribution is -0.127. The summed E-state index contributed by atoms with van der Waals surface area (Å²) in [6.07, 6.45) is 1.51. The highest BCUT2D eigenvalue weighted by atomic mass is 16.6. The van der Waals surface area contributed by atoms with Crippen LogP contribution < -0.4 is 10.2 Å². The van der Waals surface area contributed by atoms with E-state index in [2.05, 4.69) is 24.3 Å². The molecule has 7 heteroatoms. The summed E-state index contributed by atoms with van der Waals surface area (Å²) in [6, 6.07) is 6.02. The van der Waals surface area contributed by atoms with Gasteiger partial charge in [-0.05, 0) is 31.5 Å². The SMILES string of the molecule is CCC(C)n1ncc2cc(N3C[C@H](C(=O)NC)OC3=O)ccc21. The normalized spacial score (nSPS) is 19.0. The van der Waals surface area contributed by atoms with Gasteiger partial charge in [0.2, 0.25) is 0 Å². The molecule has 1 N–H and O–H groups in total. The number of carbonyl (C=O) groups excluding carboxylic acids is 2. The van der Waals surface area contributed by atoms with Crippen LogP contribution in [0.4, 0.5) is 10.5 Å². The van der Waals surface area contributed by atoms with E-state index in [9.17, 15) is 9.59 Å². The third kappa shape index (κ3) is 2.62. The van der Waals surface area contributed by atoms with Crippen LogP contribution in [-0.4, -0.2) is 41.5 Å². The predicted molar refractivity (Wildman–Crippen MR) is 86.4 cm³/mol. The van der Waals surface area contributed by atoms with Gasteiger partial charge < -0.3 is 10.1 Å². The van der Waals surface area contributed by atoms with Gasteiger partial charge in [-0.2, -0.15) is 5.10 Å². The molecule has 0 radical (unpaired) electrons. The largest absolute Gasteiger partial charge is 0.434 e. The number of nitrogens with one attached hydrogen (secondary N) is 1. The highest BCUT2D eigenvalue weighted by molar-refractivity contribution is 5.97. The fourth-order valence-electron chi connectivity index (χ4n) is 2.70. The van der Waals surface area contributed by atoms with Gasteiger partial charge in [-0.15, -0.1) is 0 Å². The van der Waals surface area contributed by atoms with E-state index in [0.29, 0.717) is 11.7 Å². The molecular weight excluding hydrogens is 296 g/mol. The molecule has 122 valence electrons. The Balaban J connectivity index is 1.89. The number of carbonyl (C=O) groups is 2. The maximum atomic E-state index is 12.0. The summed E-state index contributed by atoms with van der Waals surface area (Å²) < 4.78 is 7.09. The molecule has 1 aromatic heterocycles. The lowest BCUT2D eigenvalue weighted by Gasteiger charge is -2.14. The lowest BCUT2D eigenvalue weighted by Crippen LogP contribution is -2.35. The first-order chi connectivity index (χ1) is 11.0. The van der Waals surface area contributed by atoms with Crippen molar-refractivity contribution < 1.29 is 14.3 Å². The highest BCUT2D eigenvalue weighted by Crippen LogP contribution is 2.27. The van der Waals surface area contributed by atoms with Gasteiger partial charge in [0, 0.05) is 24.2 Å². The molecule has 1 aromatic carbocycles. The number of amides is 2. The smallest absolute Gasteiger partial charge is 0.415 e. The fraction of sp³-hybridized carbons (Fsp3) is 0.438. The first-order valence-corrected chi connectivity index (χ1v) is 7.72. The van der Waals surface area contributed by atoms with E-state index in [-0.39, 0.29) is 12.5 Å². The van der Waals surface area contributed by atoms with Crippen LogP contribution in [0.3, 0.4) is 0 Å². The Bertz CT molecular complexity index is 755. The van der Waals surface area contributed by atoms with Gasteiger partial charge in [0.25, 0.3) is 5.91 Å². The summed E-state index contributed by atoms with van der Waals surface area (Å²) in [6.45, 7) is 4.45. The Hall–Kier alpha value is -2.57. The molecule has 2 heterocycles. The average molecular weight is 316 g/mol. The number of fused-ring (bicyclic) bond motifs is 1. The molecule has 2 atom stereocenters. The molecule has 0 spiro atoms. The molecule has 7 nitrogen and oxygen atoms in total. The van der Waals surface area contributed by atoms with E-state index in [1.165, 1.54) is 11.9 Å². The lowest BCUT2D eigenvalue weighted by atomic mass is 10.2. The van der Waals surface area contributed by atoms with Crippen LogP contribution in [0.1, 0.15) is 26.3 Å². The molecule has 2 aromatic rings. The van der Waals surface area contributed by atoms with Crippen molar-refractivity contribution in [3.63, 3.8) is 0 Å². The summed E-state index contributed by atoms with van der Waals surface area (Å²) in [4.78, 5) is 25.1. The molecule has 1 aliphatic rings. The van der Waals surface area contributed by atoms with Gasteiger partial charge in [-0.25, -0.2) is 4.79 Å². The molecule has 1 unspecified atom stereocenters. The summed E-state index contributed by atoms with van der Waals surface area (Å²) in [5.41, 5.74) is 1.73. The van der Waals surface area contributed by atoms with Crippen LogP contribution in [0, 0.1) is 0 Å². The summed E-state index contributed by atoms with van der Waals surface area (Å²) in [5.74, 6) is -0.300. The van der Waals surface area contributed by atoms with Crippen molar-refractivity contribution in [2.75, 3.05) is 18.5 Å². The van der Waals surface area contributed by atoms with Crippen LogP contribution in [0.5, 0.6) is 0 Å². The van der Waals surface area contributed by atoms with E-state index in [0.717, 1.165) is 17.3 Å². The minimum atomic E-state index is -0.772. The Kier molecular flexibility index (Phi) is 3.94.